The van der Waals surface area contributed by atoms with Crippen molar-refractivity contribution in [2.75, 3.05) is 31.9 Å². The molecule has 15 nitrogen and oxygen atoms in total. The zero-order valence-electron chi connectivity index (χ0n) is 36.9. The number of hydrogen-bond donors (Lipinski definition) is 6. The minimum absolute atomic E-state index is 0.237. The van der Waals surface area contributed by atoms with Crippen LogP contribution in [-0.4, -0.2) is 33.0 Å². The highest BCUT2D eigenvalue weighted by molar-refractivity contribution is 6.01. The predicted octanol–water partition coefficient (Wildman–Crippen LogP) is 11.2. The average Bonchev–Trinajstić information content (AvgIpc) is 3.32. The van der Waals surface area contributed by atoms with E-state index in [4.69, 9.17) is 14.2 Å². The van der Waals surface area contributed by atoms with Crippen molar-refractivity contribution in [2.45, 2.75) is 59.9 Å². The number of ether oxygens (including phenoxy) is 3. The highest BCUT2D eigenvalue weighted by Gasteiger charge is 2.23. The van der Waals surface area contributed by atoms with Gasteiger partial charge in [0.25, 0.3) is 0 Å². The van der Waals surface area contributed by atoms with E-state index < -0.39 is 18.1 Å². The molecular weight excluding hydrogens is 835 g/mol. The minimum atomic E-state index is -0.395. The number of urea groups is 3. The Kier molecular flexibility index (Phi) is 15.7. The van der Waals surface area contributed by atoms with E-state index in [1.165, 1.54) is 0 Å². The monoisotopic (exact) mass is 885 g/mol. The van der Waals surface area contributed by atoms with Crippen molar-refractivity contribution in [2.24, 2.45) is 0 Å². The van der Waals surface area contributed by atoms with Crippen LogP contribution in [-0.2, 0) is 39.1 Å². The molecule has 0 atom stereocenters. The number of nitrogens with one attached hydrogen (secondary N) is 6. The standard InChI is InChI=1S/C51H51N9O6/c1-4-43-46(31-64-40-13-7-10-37(28-40)58-49(61)55-34-16-22-52-23-17-34)44(5-2)48(33-66-42-15-9-12-39(30-42)60-51(63)57-36-20-26-54-27-21-36)45(6-3)47(43)32-65-41-14-8-11-38(29-41)59-50(62)56-35-18-24-53-25-19-35/h7-30H,4-6,31-33H2,1-3H3,(H2,52,55,58,61)(H2,53,56,59,62)(H2,54,57,60,63). The van der Waals surface area contributed by atoms with Gasteiger partial charge < -0.3 is 46.1 Å². The molecule has 4 aromatic carbocycles. The summed E-state index contributed by atoms with van der Waals surface area (Å²) in [5, 5.41) is 17.1. The van der Waals surface area contributed by atoms with Crippen LogP contribution in [0.1, 0.15) is 54.2 Å². The lowest BCUT2D eigenvalue weighted by Gasteiger charge is -2.26. The van der Waals surface area contributed by atoms with Crippen molar-refractivity contribution >= 4 is 52.2 Å². The van der Waals surface area contributed by atoms with Crippen LogP contribution < -0.4 is 46.1 Å². The number of pyridine rings is 3. The zero-order valence-corrected chi connectivity index (χ0v) is 36.9. The van der Waals surface area contributed by atoms with E-state index in [0.717, 1.165) is 33.4 Å². The van der Waals surface area contributed by atoms with Gasteiger partial charge in [-0.3, -0.25) is 15.0 Å². The number of carbonyl (C=O) groups is 3. The summed E-state index contributed by atoms with van der Waals surface area (Å²) in [6.07, 6.45) is 11.7. The summed E-state index contributed by atoms with van der Waals surface area (Å²) in [4.78, 5) is 50.4. The molecule has 66 heavy (non-hydrogen) atoms. The van der Waals surface area contributed by atoms with Crippen molar-refractivity contribution in [1.82, 2.24) is 15.0 Å². The van der Waals surface area contributed by atoms with Gasteiger partial charge in [-0.15, -0.1) is 0 Å². The summed E-state index contributed by atoms with van der Waals surface area (Å²) in [6, 6.07) is 30.9. The maximum atomic E-state index is 12.8. The van der Waals surface area contributed by atoms with Gasteiger partial charge in [-0.1, -0.05) is 39.0 Å². The molecule has 0 aliphatic heterocycles. The second kappa shape index (κ2) is 22.8. The molecule has 6 amide bonds. The maximum absolute atomic E-state index is 12.8. The topological polar surface area (TPSA) is 190 Å². The fourth-order valence-electron chi connectivity index (χ4n) is 7.54. The van der Waals surface area contributed by atoms with Gasteiger partial charge in [0.2, 0.25) is 0 Å². The average molecular weight is 886 g/mol. The Morgan fingerprint density at radius 1 is 0.364 bits per heavy atom. The number of anilines is 6. The normalized spacial score (nSPS) is 10.6. The Bertz CT molecular complexity index is 2420. The van der Waals surface area contributed by atoms with Crippen LogP contribution in [0.2, 0.25) is 0 Å². The van der Waals surface area contributed by atoms with Gasteiger partial charge in [-0.2, -0.15) is 0 Å². The van der Waals surface area contributed by atoms with Crippen LogP contribution in [0.4, 0.5) is 48.5 Å². The van der Waals surface area contributed by atoms with E-state index in [0.29, 0.717) is 70.6 Å². The first kappa shape index (κ1) is 45.6. The first-order chi connectivity index (χ1) is 32.3. The molecule has 0 fully saturated rings. The lowest BCUT2D eigenvalue weighted by atomic mass is 9.84. The van der Waals surface area contributed by atoms with Gasteiger partial charge in [-0.05, 0) is 125 Å². The van der Waals surface area contributed by atoms with Crippen molar-refractivity contribution in [3.8, 4) is 17.2 Å². The summed E-state index contributed by atoms with van der Waals surface area (Å²) in [5.41, 5.74) is 9.93. The minimum Gasteiger partial charge on any atom is -0.489 e. The quantitative estimate of drug-likeness (QED) is 0.0487. The Labute approximate surface area is 383 Å². The van der Waals surface area contributed by atoms with Crippen molar-refractivity contribution < 1.29 is 28.6 Å². The molecule has 0 saturated carbocycles. The molecule has 0 radical (unpaired) electrons. The first-order valence-corrected chi connectivity index (χ1v) is 21.6. The predicted molar refractivity (Wildman–Crippen MR) is 258 cm³/mol. The van der Waals surface area contributed by atoms with E-state index >= 15 is 0 Å². The zero-order chi connectivity index (χ0) is 46.1. The molecule has 336 valence electrons. The molecule has 0 spiro atoms. The molecule has 0 unspecified atom stereocenters. The van der Waals surface area contributed by atoms with Crippen molar-refractivity contribution in [3.63, 3.8) is 0 Å². The summed E-state index contributed by atoms with van der Waals surface area (Å²) in [7, 11) is 0. The lowest BCUT2D eigenvalue weighted by molar-refractivity contribution is 0.261. The van der Waals surface area contributed by atoms with Crippen LogP contribution in [0, 0.1) is 0 Å². The van der Waals surface area contributed by atoms with Crippen LogP contribution in [0.15, 0.2) is 146 Å². The van der Waals surface area contributed by atoms with Crippen LogP contribution in [0.3, 0.4) is 0 Å². The van der Waals surface area contributed by atoms with Gasteiger partial charge in [0.15, 0.2) is 0 Å². The van der Waals surface area contributed by atoms with E-state index in [2.05, 4.69) is 67.6 Å². The molecular formula is C51H51N9O6. The molecule has 0 aliphatic carbocycles. The largest absolute Gasteiger partial charge is 0.489 e. The Balaban J connectivity index is 1.15. The van der Waals surface area contributed by atoms with Crippen LogP contribution in [0.25, 0.3) is 0 Å². The summed E-state index contributed by atoms with van der Waals surface area (Å²) >= 11 is 0. The van der Waals surface area contributed by atoms with Crippen molar-refractivity contribution in [3.05, 3.63) is 180 Å². The second-order valence-electron chi connectivity index (χ2n) is 14.8. The second-order valence-corrected chi connectivity index (χ2v) is 14.8. The van der Waals surface area contributed by atoms with Gasteiger partial charge in [0.1, 0.15) is 37.1 Å². The fraction of sp³-hybridized carbons (Fsp3) is 0.176. The lowest BCUT2D eigenvalue weighted by Crippen LogP contribution is -2.19. The van der Waals surface area contributed by atoms with Gasteiger partial charge in [0, 0.05) is 89.5 Å². The Hall–Kier alpha value is -8.46. The third kappa shape index (κ3) is 12.6. The molecule has 3 heterocycles. The molecule has 15 heteroatoms. The molecule has 0 saturated heterocycles. The number of carbonyl (C=O) groups excluding carboxylic acids is 3. The molecule has 7 aromatic rings. The van der Waals surface area contributed by atoms with Crippen LogP contribution in [0.5, 0.6) is 17.2 Å². The Morgan fingerprint density at radius 3 is 0.879 bits per heavy atom. The summed E-state index contributed by atoms with van der Waals surface area (Å²) in [5.74, 6) is 1.72. The molecule has 0 aliphatic rings. The SMILES string of the molecule is CCc1c(COc2cccc(NC(=O)Nc3ccncc3)c2)c(CC)c(COc2cccc(NC(=O)Nc3ccncc3)c2)c(CC)c1COc1cccc(NC(=O)Nc2ccncc2)c1. The third-order valence-corrected chi connectivity index (χ3v) is 10.5. The highest BCUT2D eigenvalue weighted by atomic mass is 16.5. The van der Waals surface area contributed by atoms with E-state index in [1.807, 2.05) is 36.4 Å². The Morgan fingerprint density at radius 2 is 0.621 bits per heavy atom. The fourth-order valence-corrected chi connectivity index (χ4v) is 7.54. The summed E-state index contributed by atoms with van der Waals surface area (Å²) in [6.45, 7) is 7.08. The highest BCUT2D eigenvalue weighted by Crippen LogP contribution is 2.34. The molecule has 7 rings (SSSR count). The third-order valence-electron chi connectivity index (χ3n) is 10.5. The number of amides is 6. The summed E-state index contributed by atoms with van der Waals surface area (Å²) < 4.78 is 19.7. The number of benzene rings is 4. The number of rotatable bonds is 18. The van der Waals surface area contributed by atoms with Gasteiger partial charge in [-0.25, -0.2) is 14.4 Å². The molecule has 6 N–H and O–H groups in total. The van der Waals surface area contributed by atoms with Crippen LogP contribution >= 0.6 is 0 Å². The van der Waals surface area contributed by atoms with Gasteiger partial charge >= 0.3 is 18.1 Å². The van der Waals surface area contributed by atoms with E-state index in [9.17, 15) is 14.4 Å². The molecule has 3 aromatic heterocycles. The number of hydrogen-bond acceptors (Lipinski definition) is 9. The van der Waals surface area contributed by atoms with E-state index in [-0.39, 0.29) is 19.8 Å². The molecule has 0 bridgehead atoms. The maximum Gasteiger partial charge on any atom is 0.323 e. The van der Waals surface area contributed by atoms with Crippen molar-refractivity contribution in [1.29, 1.82) is 0 Å². The number of aromatic nitrogens is 3. The number of nitrogens with zero attached hydrogens (tertiary/aromatic N) is 3. The van der Waals surface area contributed by atoms with Gasteiger partial charge in [0.05, 0.1) is 0 Å². The first-order valence-electron chi connectivity index (χ1n) is 21.6. The van der Waals surface area contributed by atoms with E-state index in [1.54, 1.807) is 110 Å². The smallest absolute Gasteiger partial charge is 0.323 e.